The van der Waals surface area contributed by atoms with Crippen molar-refractivity contribution in [2.45, 2.75) is 24.9 Å². The Morgan fingerprint density at radius 3 is 0.925 bits per heavy atom. The molecule has 0 aliphatic heterocycles. The number of carboxylic acid groups (broad SMARTS) is 2. The normalized spacial score (nSPS) is 10.3. The van der Waals surface area contributed by atoms with E-state index in [1.54, 1.807) is 24.8 Å². The SMILES string of the molecule is NC(CCC(N)C(=O)[O-])C(=O)[O-].[Cl-].[Cl-].[Pd+2].[Pd+2].c1ccc(-c2ccccn2)nc1.c1ccc(-c2ccccn2)nc1. The van der Waals surface area contributed by atoms with Crippen LogP contribution in [0.25, 0.3) is 22.8 Å². The maximum atomic E-state index is 10.0. The average Bonchev–Trinajstić information content (AvgIpc) is 2.94. The number of carbonyl (C=O) groups is 2. The van der Waals surface area contributed by atoms with Crippen LogP contribution in [0.2, 0.25) is 0 Å². The fourth-order valence-corrected chi connectivity index (χ4v) is 2.65. The molecule has 2 unspecified atom stereocenters. The van der Waals surface area contributed by atoms with Crippen LogP contribution in [0.3, 0.4) is 0 Å². The molecule has 0 saturated carbocycles. The molecular formula is C26H26Cl2N6O4Pd2. The van der Waals surface area contributed by atoms with Gasteiger partial charge in [-0.3, -0.25) is 19.9 Å². The van der Waals surface area contributed by atoms with Gasteiger partial charge < -0.3 is 56.1 Å². The van der Waals surface area contributed by atoms with E-state index in [0.29, 0.717) is 0 Å². The van der Waals surface area contributed by atoms with E-state index >= 15 is 0 Å². The molecule has 2 atom stereocenters. The van der Waals surface area contributed by atoms with Crippen molar-refractivity contribution in [2.75, 3.05) is 0 Å². The molecule has 4 N–H and O–H groups in total. The number of hydrogen-bond acceptors (Lipinski definition) is 10. The Morgan fingerprint density at radius 2 is 0.775 bits per heavy atom. The van der Waals surface area contributed by atoms with E-state index in [1.165, 1.54) is 0 Å². The summed E-state index contributed by atoms with van der Waals surface area (Å²) in [6.07, 6.45) is 7.01. The maximum Gasteiger partial charge on any atom is 2.00 e. The van der Waals surface area contributed by atoms with Crippen LogP contribution in [0.1, 0.15) is 12.8 Å². The average molecular weight is 770 g/mol. The maximum absolute atomic E-state index is 10.0. The van der Waals surface area contributed by atoms with Crippen LogP contribution in [0, 0.1) is 0 Å². The Kier molecular flexibility index (Phi) is 25.3. The summed E-state index contributed by atoms with van der Waals surface area (Å²) in [6, 6.07) is 20.8. The predicted molar refractivity (Wildman–Crippen MR) is 130 cm³/mol. The molecule has 0 amide bonds. The molecule has 14 heteroatoms. The van der Waals surface area contributed by atoms with E-state index in [4.69, 9.17) is 11.5 Å². The largest absolute Gasteiger partial charge is 2.00 e. The summed E-state index contributed by atoms with van der Waals surface area (Å²) in [6.45, 7) is 0. The molecule has 0 bridgehead atoms. The fourth-order valence-electron chi connectivity index (χ4n) is 2.65. The minimum Gasteiger partial charge on any atom is -1.00 e. The molecule has 4 aromatic rings. The fraction of sp³-hybridized carbons (Fsp3) is 0.154. The first-order chi connectivity index (χ1) is 17.4. The quantitative estimate of drug-likeness (QED) is 0.172. The second-order valence-electron chi connectivity index (χ2n) is 7.29. The molecule has 0 aromatic carbocycles. The third kappa shape index (κ3) is 16.5. The number of hydrogen-bond donors (Lipinski definition) is 2. The number of nitrogens with two attached hydrogens (primary N) is 2. The number of carboxylic acids is 2. The van der Waals surface area contributed by atoms with E-state index < -0.39 is 24.0 Å². The zero-order valence-electron chi connectivity index (χ0n) is 20.8. The van der Waals surface area contributed by atoms with Gasteiger partial charge >= 0.3 is 40.8 Å². The third-order valence-electron chi connectivity index (χ3n) is 4.58. The van der Waals surface area contributed by atoms with Crippen molar-refractivity contribution in [3.63, 3.8) is 0 Å². The van der Waals surface area contributed by atoms with Gasteiger partial charge in [-0.05, 0) is 61.4 Å². The number of nitrogens with zero attached hydrogens (tertiary/aromatic N) is 4. The molecule has 10 nitrogen and oxygen atoms in total. The Balaban J connectivity index is -0.000000489. The summed E-state index contributed by atoms with van der Waals surface area (Å²) in [7, 11) is 0. The monoisotopic (exact) mass is 768 g/mol. The van der Waals surface area contributed by atoms with Crippen molar-refractivity contribution in [1.82, 2.24) is 19.9 Å². The topological polar surface area (TPSA) is 184 Å². The number of carbonyl (C=O) groups excluding carboxylic acids is 2. The van der Waals surface area contributed by atoms with Crippen LogP contribution in [-0.2, 0) is 50.4 Å². The zero-order valence-corrected chi connectivity index (χ0v) is 25.4. The Bertz CT molecular complexity index is 1020. The minimum absolute atomic E-state index is 0. The molecule has 0 aliphatic rings. The molecule has 40 heavy (non-hydrogen) atoms. The Morgan fingerprint density at radius 1 is 0.550 bits per heavy atom. The van der Waals surface area contributed by atoms with Gasteiger partial charge in [0.05, 0.1) is 34.7 Å². The van der Waals surface area contributed by atoms with Gasteiger partial charge in [0.1, 0.15) is 0 Å². The summed E-state index contributed by atoms with van der Waals surface area (Å²) in [5, 5.41) is 20.1. The van der Waals surface area contributed by atoms with Gasteiger partial charge in [-0.2, -0.15) is 0 Å². The Hall–Kier alpha value is -2.64. The molecule has 0 aliphatic carbocycles. The van der Waals surface area contributed by atoms with Crippen molar-refractivity contribution in [3.8, 4) is 22.8 Å². The van der Waals surface area contributed by atoms with Crippen LogP contribution in [0.4, 0.5) is 0 Å². The second kappa shape index (κ2) is 24.2. The van der Waals surface area contributed by atoms with Gasteiger partial charge in [-0.1, -0.05) is 24.3 Å². The number of aliphatic carboxylic acids is 2. The second-order valence-corrected chi connectivity index (χ2v) is 7.29. The molecule has 0 radical (unpaired) electrons. The van der Waals surface area contributed by atoms with E-state index in [2.05, 4.69) is 19.9 Å². The molecule has 218 valence electrons. The van der Waals surface area contributed by atoms with E-state index in [9.17, 15) is 19.8 Å². The van der Waals surface area contributed by atoms with Gasteiger partial charge in [-0.15, -0.1) is 0 Å². The molecule has 0 fully saturated rings. The van der Waals surface area contributed by atoms with Crippen LogP contribution < -0.4 is 46.5 Å². The number of rotatable bonds is 7. The first-order valence-corrected chi connectivity index (χ1v) is 11.0. The number of pyridine rings is 4. The van der Waals surface area contributed by atoms with Crippen LogP contribution >= 0.6 is 0 Å². The van der Waals surface area contributed by atoms with Crippen molar-refractivity contribution in [2.24, 2.45) is 11.5 Å². The molecule has 4 heterocycles. The first-order valence-electron chi connectivity index (χ1n) is 11.0. The van der Waals surface area contributed by atoms with Crippen LogP contribution in [0.15, 0.2) is 97.6 Å². The van der Waals surface area contributed by atoms with Gasteiger partial charge in [0.25, 0.3) is 0 Å². The third-order valence-corrected chi connectivity index (χ3v) is 4.58. The van der Waals surface area contributed by atoms with Crippen LogP contribution in [0.5, 0.6) is 0 Å². The van der Waals surface area contributed by atoms with Gasteiger partial charge in [0.2, 0.25) is 0 Å². The molecular weight excluding hydrogens is 744 g/mol. The van der Waals surface area contributed by atoms with Gasteiger partial charge in [-0.25, -0.2) is 0 Å². The summed E-state index contributed by atoms with van der Waals surface area (Å²) in [4.78, 5) is 36.8. The number of aromatic nitrogens is 4. The summed E-state index contributed by atoms with van der Waals surface area (Å²) in [5.74, 6) is -2.83. The smallest absolute Gasteiger partial charge is 1.00 e. The van der Waals surface area contributed by atoms with Crippen LogP contribution in [-0.4, -0.2) is 44.0 Å². The summed E-state index contributed by atoms with van der Waals surface area (Å²) < 4.78 is 0. The predicted octanol–water partition coefficient (Wildman–Crippen LogP) is -5.79. The zero-order chi connectivity index (χ0) is 26.2. The van der Waals surface area contributed by atoms with E-state index in [1.807, 2.05) is 72.8 Å². The Labute approximate surface area is 272 Å². The summed E-state index contributed by atoms with van der Waals surface area (Å²) in [5.41, 5.74) is 13.7. The minimum atomic E-state index is -1.42. The van der Waals surface area contributed by atoms with E-state index in [0.717, 1.165) is 22.8 Å². The molecule has 0 saturated heterocycles. The molecule has 4 aromatic heterocycles. The van der Waals surface area contributed by atoms with Crippen molar-refractivity contribution < 1.29 is 85.5 Å². The first kappa shape index (κ1) is 41.8. The summed E-state index contributed by atoms with van der Waals surface area (Å²) >= 11 is 0. The van der Waals surface area contributed by atoms with E-state index in [-0.39, 0.29) is 78.5 Å². The van der Waals surface area contributed by atoms with Crippen molar-refractivity contribution >= 4 is 11.9 Å². The van der Waals surface area contributed by atoms with Gasteiger partial charge in [0.15, 0.2) is 0 Å². The molecule has 4 rings (SSSR count). The standard InChI is InChI=1S/2C10H8N2.C6H12N2O4.2ClH.2Pd/c2*1-3-7-11-9(5-1)10-6-2-4-8-12-10;7-3(5(9)10)1-2-4(8)6(11)12;;;;/h2*1-8H;3-4H,1-2,7-8H2,(H,9,10)(H,11,12);2*1H;;/q;;;;;2*+2/p-4. The van der Waals surface area contributed by atoms with Gasteiger partial charge in [0, 0.05) is 36.9 Å². The van der Waals surface area contributed by atoms with Crippen molar-refractivity contribution in [1.29, 1.82) is 0 Å². The molecule has 0 spiro atoms. The number of halogens is 2. The van der Waals surface area contributed by atoms with Crippen molar-refractivity contribution in [3.05, 3.63) is 97.6 Å².